The van der Waals surface area contributed by atoms with Crippen molar-refractivity contribution in [2.24, 2.45) is 4.99 Å². The molecule has 0 unspecified atom stereocenters. The number of nitrogens with zero attached hydrogens (tertiary/aromatic N) is 4. The van der Waals surface area contributed by atoms with E-state index in [-0.39, 0.29) is 24.0 Å². The summed E-state index contributed by atoms with van der Waals surface area (Å²) in [7, 11) is 0. The van der Waals surface area contributed by atoms with Gasteiger partial charge in [-0.25, -0.2) is 4.99 Å². The zero-order valence-corrected chi connectivity index (χ0v) is 19.0. The maximum absolute atomic E-state index is 6.03. The molecule has 0 saturated carbocycles. The van der Waals surface area contributed by atoms with Crippen molar-refractivity contribution in [2.45, 2.75) is 26.4 Å². The molecule has 2 rings (SSSR count). The highest BCUT2D eigenvalue weighted by molar-refractivity contribution is 14.0. The molecule has 0 amide bonds. The average molecular weight is 509 g/mol. The molecule has 0 spiro atoms. The number of nitrogens with one attached hydrogen (secondary N) is 2. The van der Waals surface area contributed by atoms with Crippen LogP contribution in [0.3, 0.4) is 0 Å². The molecule has 2 aromatic rings. The molecule has 0 fully saturated rings. The molecule has 2 N–H and O–H groups in total. The van der Waals surface area contributed by atoms with E-state index in [4.69, 9.17) is 11.6 Å². The molecule has 6 nitrogen and oxygen atoms in total. The van der Waals surface area contributed by atoms with Crippen LogP contribution in [-0.2, 0) is 19.5 Å². The van der Waals surface area contributed by atoms with E-state index in [0.29, 0.717) is 6.54 Å². The summed E-state index contributed by atoms with van der Waals surface area (Å²) >= 11 is 7.84. The molecule has 0 aliphatic rings. The zero-order valence-electron chi connectivity index (χ0n) is 15.1. The first-order valence-electron chi connectivity index (χ1n) is 8.35. The first-order valence-corrected chi connectivity index (χ1v) is 10.1. The number of aromatic nitrogens is 3. The van der Waals surface area contributed by atoms with Crippen LogP contribution in [0.1, 0.15) is 18.3 Å². The molecule has 0 aliphatic carbocycles. The predicted octanol–water partition coefficient (Wildman–Crippen LogP) is 3.21. The largest absolute Gasteiger partial charge is 0.356 e. The molecule has 1 aromatic heterocycles. The van der Waals surface area contributed by atoms with Gasteiger partial charge in [-0.05, 0) is 24.0 Å². The third-order valence-corrected chi connectivity index (χ3v) is 4.41. The van der Waals surface area contributed by atoms with E-state index in [1.807, 2.05) is 24.3 Å². The molecule has 9 heteroatoms. The van der Waals surface area contributed by atoms with E-state index in [2.05, 4.69) is 43.6 Å². The topological polar surface area (TPSA) is 67.1 Å². The van der Waals surface area contributed by atoms with Crippen LogP contribution in [0.4, 0.5) is 0 Å². The molecule has 0 bridgehead atoms. The van der Waals surface area contributed by atoms with Crippen molar-refractivity contribution >= 4 is 53.3 Å². The number of aliphatic imine (C=N–C) groups is 1. The van der Waals surface area contributed by atoms with Crippen LogP contribution in [0.5, 0.6) is 0 Å². The fraction of sp³-hybridized carbons (Fsp3) is 0.471. The lowest BCUT2D eigenvalue weighted by atomic mass is 10.2. The van der Waals surface area contributed by atoms with Crippen LogP contribution < -0.4 is 10.6 Å². The zero-order chi connectivity index (χ0) is 17.9. The lowest BCUT2D eigenvalue weighted by Crippen LogP contribution is -2.40. The van der Waals surface area contributed by atoms with Crippen LogP contribution in [0.2, 0.25) is 5.02 Å². The molecular weight excluding hydrogens is 483 g/mol. The van der Waals surface area contributed by atoms with Gasteiger partial charge in [-0.3, -0.25) is 0 Å². The van der Waals surface area contributed by atoms with Gasteiger partial charge in [-0.2, -0.15) is 11.8 Å². The van der Waals surface area contributed by atoms with Crippen molar-refractivity contribution in [2.75, 3.05) is 25.1 Å². The summed E-state index contributed by atoms with van der Waals surface area (Å²) in [5.74, 6) is 2.83. The highest BCUT2D eigenvalue weighted by atomic mass is 127. The van der Waals surface area contributed by atoms with Gasteiger partial charge in [0.1, 0.15) is 12.2 Å². The summed E-state index contributed by atoms with van der Waals surface area (Å²) in [6.45, 7) is 5.09. The molecule has 144 valence electrons. The Morgan fingerprint density at radius 3 is 2.85 bits per heavy atom. The van der Waals surface area contributed by atoms with Crippen molar-refractivity contribution in [1.29, 1.82) is 0 Å². The standard InChI is InChI=1S/C17H25ClN6S.HI/c1-3-16-23-22-13-24(16)9-7-19-17(20-8-10-25-2)21-12-14-5-4-6-15(18)11-14;/h4-6,11,13H,3,7-10,12H2,1-2H3,(H2,19,20,21);1H. The maximum Gasteiger partial charge on any atom is 0.191 e. The van der Waals surface area contributed by atoms with Gasteiger partial charge in [0.05, 0.1) is 6.54 Å². The van der Waals surface area contributed by atoms with Crippen molar-refractivity contribution in [3.8, 4) is 0 Å². The minimum absolute atomic E-state index is 0. The Hall–Kier alpha value is -1.000. The van der Waals surface area contributed by atoms with Crippen LogP contribution in [0.15, 0.2) is 35.6 Å². The van der Waals surface area contributed by atoms with Crippen LogP contribution >= 0.6 is 47.3 Å². The first-order chi connectivity index (χ1) is 12.2. The molecule has 1 heterocycles. The summed E-state index contributed by atoms with van der Waals surface area (Å²) in [5, 5.41) is 15.5. The van der Waals surface area contributed by atoms with E-state index >= 15 is 0 Å². The SMILES string of the molecule is CCc1nncn1CCNC(=NCc1cccc(Cl)c1)NCCSC.I. The van der Waals surface area contributed by atoms with Gasteiger partial charge in [-0.1, -0.05) is 30.7 Å². The lowest BCUT2D eigenvalue weighted by Gasteiger charge is -2.13. The van der Waals surface area contributed by atoms with E-state index in [1.54, 1.807) is 18.1 Å². The summed E-state index contributed by atoms with van der Waals surface area (Å²) in [6.07, 6.45) is 4.74. The number of hydrogen-bond donors (Lipinski definition) is 2. The Balaban J connectivity index is 0.00000338. The Kier molecular flexibility index (Phi) is 11.7. The van der Waals surface area contributed by atoms with Crippen molar-refractivity contribution < 1.29 is 0 Å². The summed E-state index contributed by atoms with van der Waals surface area (Å²) in [6, 6.07) is 7.78. The van der Waals surface area contributed by atoms with Crippen LogP contribution in [0.25, 0.3) is 0 Å². The van der Waals surface area contributed by atoms with Gasteiger partial charge >= 0.3 is 0 Å². The van der Waals surface area contributed by atoms with Gasteiger partial charge in [0.2, 0.25) is 0 Å². The van der Waals surface area contributed by atoms with Crippen molar-refractivity contribution in [1.82, 2.24) is 25.4 Å². The number of guanidine groups is 1. The van der Waals surface area contributed by atoms with Gasteiger partial charge < -0.3 is 15.2 Å². The van der Waals surface area contributed by atoms with E-state index in [1.165, 1.54) is 0 Å². The van der Waals surface area contributed by atoms with Crippen LogP contribution in [-0.4, -0.2) is 45.8 Å². The number of halogens is 2. The van der Waals surface area contributed by atoms with Crippen molar-refractivity contribution in [3.05, 3.63) is 47.0 Å². The Labute approximate surface area is 181 Å². The highest BCUT2D eigenvalue weighted by Gasteiger charge is 2.03. The van der Waals surface area contributed by atoms with Crippen LogP contribution in [0, 0.1) is 0 Å². The molecule has 1 aromatic carbocycles. The van der Waals surface area contributed by atoms with Gasteiger partial charge in [0.15, 0.2) is 5.96 Å². The van der Waals surface area contributed by atoms with E-state index < -0.39 is 0 Å². The van der Waals surface area contributed by atoms with E-state index in [9.17, 15) is 0 Å². The first kappa shape index (κ1) is 23.0. The Bertz CT molecular complexity index is 679. The maximum atomic E-state index is 6.03. The second-order valence-electron chi connectivity index (χ2n) is 5.44. The fourth-order valence-corrected chi connectivity index (χ4v) is 2.80. The second kappa shape index (κ2) is 13.2. The fourth-order valence-electron chi connectivity index (χ4n) is 2.29. The number of benzene rings is 1. The number of aryl methyl sites for hydroxylation is 1. The molecule has 0 saturated heterocycles. The van der Waals surface area contributed by atoms with Crippen molar-refractivity contribution in [3.63, 3.8) is 0 Å². The quantitative estimate of drug-likeness (QED) is 0.236. The van der Waals surface area contributed by atoms with Gasteiger partial charge in [0, 0.05) is 36.8 Å². The molecule has 26 heavy (non-hydrogen) atoms. The molecule has 0 radical (unpaired) electrons. The predicted molar refractivity (Wildman–Crippen MR) is 122 cm³/mol. The smallest absolute Gasteiger partial charge is 0.191 e. The third kappa shape index (κ3) is 8.13. The molecule has 0 aliphatic heterocycles. The molecular formula is C17H26ClIN6S. The monoisotopic (exact) mass is 508 g/mol. The molecule has 0 atom stereocenters. The van der Waals surface area contributed by atoms with Gasteiger partial charge in [-0.15, -0.1) is 34.2 Å². The highest BCUT2D eigenvalue weighted by Crippen LogP contribution is 2.11. The minimum Gasteiger partial charge on any atom is -0.356 e. The minimum atomic E-state index is 0. The Morgan fingerprint density at radius 2 is 2.12 bits per heavy atom. The third-order valence-electron chi connectivity index (χ3n) is 3.56. The van der Waals surface area contributed by atoms with Gasteiger partial charge in [0.25, 0.3) is 0 Å². The average Bonchev–Trinajstić information content (AvgIpc) is 3.07. The normalized spacial score (nSPS) is 11.1. The number of rotatable bonds is 9. The summed E-state index contributed by atoms with van der Waals surface area (Å²) in [5.41, 5.74) is 1.09. The second-order valence-corrected chi connectivity index (χ2v) is 6.86. The summed E-state index contributed by atoms with van der Waals surface area (Å²) in [4.78, 5) is 4.65. The summed E-state index contributed by atoms with van der Waals surface area (Å²) < 4.78 is 2.06. The van der Waals surface area contributed by atoms with E-state index in [0.717, 1.165) is 54.2 Å². The Morgan fingerprint density at radius 1 is 1.31 bits per heavy atom. The number of hydrogen-bond acceptors (Lipinski definition) is 4. The number of thioether (sulfide) groups is 1. The lowest BCUT2D eigenvalue weighted by molar-refractivity contribution is 0.633.